The van der Waals surface area contributed by atoms with Gasteiger partial charge in [0.15, 0.2) is 0 Å². The molecule has 0 bridgehead atoms. The summed E-state index contributed by atoms with van der Waals surface area (Å²) >= 11 is 11.6. The number of rotatable bonds is 2. The van der Waals surface area contributed by atoms with Crippen LogP contribution in [0.3, 0.4) is 0 Å². The lowest BCUT2D eigenvalue weighted by Crippen LogP contribution is -2.41. The summed E-state index contributed by atoms with van der Waals surface area (Å²) in [6, 6.07) is 11.2. The number of halogens is 3. The van der Waals surface area contributed by atoms with Gasteiger partial charge < -0.3 is 10.1 Å². The molecule has 0 aliphatic carbocycles. The number of nitrogens with one attached hydrogen (secondary N) is 1. The van der Waals surface area contributed by atoms with Crippen LogP contribution in [0.25, 0.3) is 0 Å². The van der Waals surface area contributed by atoms with Crippen LogP contribution < -0.4 is 5.32 Å². The third-order valence-electron chi connectivity index (χ3n) is 3.51. The summed E-state index contributed by atoms with van der Waals surface area (Å²) < 4.78 is 19.3. The van der Waals surface area contributed by atoms with Crippen LogP contribution in [0.15, 0.2) is 42.5 Å². The number of amides is 1. The largest absolute Gasteiger partial charge is 0.361 e. The molecule has 1 amide bonds. The minimum Gasteiger partial charge on any atom is -0.361 e. The fraction of sp³-hybridized carbons (Fsp3) is 0.188. The molecule has 1 aliphatic heterocycles. The highest BCUT2D eigenvalue weighted by molar-refractivity contribution is 6.30. The van der Waals surface area contributed by atoms with E-state index in [1.54, 1.807) is 30.3 Å². The molecule has 0 saturated carbocycles. The monoisotopic (exact) mass is 339 g/mol. The highest BCUT2D eigenvalue weighted by Crippen LogP contribution is 2.35. The standard InChI is InChI=1S/C16H12Cl2FNO2/c17-11-4-1-9(2-5-11)15-16(22-8-14(21)20-15)10-3-6-12(18)13(19)7-10/h1-7,15-16H,8H2,(H,20,21)/t15-,16+/m1/s1. The third kappa shape index (κ3) is 3.09. The van der Waals surface area contributed by atoms with Crippen molar-refractivity contribution in [3.05, 3.63) is 69.5 Å². The van der Waals surface area contributed by atoms with E-state index in [1.807, 2.05) is 0 Å². The predicted molar refractivity (Wildman–Crippen MR) is 82.4 cm³/mol. The van der Waals surface area contributed by atoms with Crippen molar-refractivity contribution in [2.75, 3.05) is 6.61 Å². The highest BCUT2D eigenvalue weighted by Gasteiger charge is 2.32. The van der Waals surface area contributed by atoms with Gasteiger partial charge in [-0.2, -0.15) is 0 Å². The molecule has 22 heavy (non-hydrogen) atoms. The topological polar surface area (TPSA) is 38.3 Å². The molecule has 114 valence electrons. The Hall–Kier alpha value is -1.62. The minimum absolute atomic E-state index is 0.0478. The van der Waals surface area contributed by atoms with E-state index in [0.717, 1.165) is 5.56 Å². The Kier molecular flexibility index (Phi) is 4.34. The molecule has 0 aromatic heterocycles. The van der Waals surface area contributed by atoms with Gasteiger partial charge in [0.25, 0.3) is 0 Å². The Bertz CT molecular complexity index is 706. The summed E-state index contributed by atoms with van der Waals surface area (Å²) in [5, 5.41) is 3.52. The average Bonchev–Trinajstić information content (AvgIpc) is 2.51. The van der Waals surface area contributed by atoms with Crippen molar-refractivity contribution in [3.8, 4) is 0 Å². The van der Waals surface area contributed by atoms with Crippen molar-refractivity contribution in [2.45, 2.75) is 12.1 Å². The van der Waals surface area contributed by atoms with Crippen LogP contribution in [0.2, 0.25) is 10.0 Å². The van der Waals surface area contributed by atoms with Gasteiger partial charge in [0, 0.05) is 5.02 Å². The minimum atomic E-state index is -0.519. The first-order chi connectivity index (χ1) is 10.5. The van der Waals surface area contributed by atoms with Crippen LogP contribution in [-0.4, -0.2) is 12.5 Å². The summed E-state index contributed by atoms with van der Waals surface area (Å²) in [5.74, 6) is -0.736. The number of carbonyl (C=O) groups is 1. The van der Waals surface area contributed by atoms with E-state index in [9.17, 15) is 9.18 Å². The highest BCUT2D eigenvalue weighted by atomic mass is 35.5. The van der Waals surface area contributed by atoms with Gasteiger partial charge in [-0.1, -0.05) is 41.4 Å². The Morgan fingerprint density at radius 3 is 2.45 bits per heavy atom. The summed E-state index contributed by atoms with van der Waals surface area (Å²) in [6.07, 6.45) is -0.495. The first-order valence-corrected chi connectivity index (χ1v) is 7.41. The van der Waals surface area contributed by atoms with Crippen LogP contribution in [0, 0.1) is 5.82 Å². The summed E-state index contributed by atoms with van der Waals surface area (Å²) in [5.41, 5.74) is 1.44. The first-order valence-electron chi connectivity index (χ1n) is 6.66. The van der Waals surface area contributed by atoms with E-state index < -0.39 is 18.0 Å². The molecule has 1 aliphatic rings. The predicted octanol–water partition coefficient (Wildman–Crippen LogP) is 4.06. The second kappa shape index (κ2) is 6.24. The molecule has 1 heterocycles. The summed E-state index contributed by atoms with van der Waals surface area (Å²) in [4.78, 5) is 11.7. The Morgan fingerprint density at radius 1 is 1.09 bits per heavy atom. The van der Waals surface area contributed by atoms with Crippen molar-refractivity contribution >= 4 is 29.1 Å². The zero-order valence-corrected chi connectivity index (χ0v) is 12.9. The van der Waals surface area contributed by atoms with Crippen LogP contribution in [0.1, 0.15) is 23.3 Å². The van der Waals surface area contributed by atoms with E-state index in [2.05, 4.69) is 5.32 Å². The fourth-order valence-corrected chi connectivity index (χ4v) is 2.70. The lowest BCUT2D eigenvalue weighted by molar-refractivity contribution is -0.137. The molecule has 1 N–H and O–H groups in total. The molecule has 0 spiro atoms. The second-order valence-corrected chi connectivity index (χ2v) is 5.85. The lowest BCUT2D eigenvalue weighted by atomic mass is 9.94. The Labute approximate surface area is 137 Å². The number of hydrogen-bond donors (Lipinski definition) is 1. The maximum absolute atomic E-state index is 13.7. The zero-order valence-electron chi connectivity index (χ0n) is 11.4. The van der Waals surface area contributed by atoms with Gasteiger partial charge in [0.1, 0.15) is 18.5 Å². The van der Waals surface area contributed by atoms with Crippen LogP contribution in [0.5, 0.6) is 0 Å². The van der Waals surface area contributed by atoms with Gasteiger partial charge in [-0.3, -0.25) is 4.79 Å². The van der Waals surface area contributed by atoms with Crippen molar-refractivity contribution in [1.29, 1.82) is 0 Å². The molecule has 3 nitrogen and oxygen atoms in total. The van der Waals surface area contributed by atoms with Crippen LogP contribution >= 0.6 is 23.2 Å². The van der Waals surface area contributed by atoms with Crippen molar-refractivity contribution in [1.82, 2.24) is 5.32 Å². The number of ether oxygens (including phenoxy) is 1. The molecule has 2 aromatic rings. The summed E-state index contributed by atoms with van der Waals surface area (Å²) in [6.45, 7) is -0.0704. The van der Waals surface area contributed by atoms with Gasteiger partial charge in [-0.15, -0.1) is 0 Å². The van der Waals surface area contributed by atoms with Crippen molar-refractivity contribution < 1.29 is 13.9 Å². The quantitative estimate of drug-likeness (QED) is 0.895. The SMILES string of the molecule is O=C1CO[C@@H](c2ccc(Cl)c(F)c2)[C@@H](c2ccc(Cl)cc2)N1. The molecule has 0 radical (unpaired) electrons. The van der Waals surface area contributed by atoms with Crippen LogP contribution in [0.4, 0.5) is 4.39 Å². The van der Waals surface area contributed by atoms with Gasteiger partial charge in [0.2, 0.25) is 5.91 Å². The molecule has 1 fully saturated rings. The molecule has 2 atom stereocenters. The van der Waals surface area contributed by atoms with Gasteiger partial charge in [-0.05, 0) is 35.4 Å². The average molecular weight is 340 g/mol. The number of hydrogen-bond acceptors (Lipinski definition) is 2. The van der Waals surface area contributed by atoms with Crippen molar-refractivity contribution in [2.24, 2.45) is 0 Å². The third-order valence-corrected chi connectivity index (χ3v) is 4.07. The molecule has 3 rings (SSSR count). The Morgan fingerprint density at radius 2 is 1.77 bits per heavy atom. The second-order valence-electron chi connectivity index (χ2n) is 5.00. The van der Waals surface area contributed by atoms with E-state index in [4.69, 9.17) is 27.9 Å². The smallest absolute Gasteiger partial charge is 0.246 e. The molecule has 0 unspecified atom stereocenters. The normalized spacial score (nSPS) is 21.5. The lowest BCUT2D eigenvalue weighted by Gasteiger charge is -2.33. The maximum atomic E-state index is 13.7. The Balaban J connectivity index is 1.97. The molecular formula is C16H12Cl2FNO2. The van der Waals surface area contributed by atoms with Gasteiger partial charge in [-0.25, -0.2) is 4.39 Å². The fourth-order valence-electron chi connectivity index (χ4n) is 2.46. The molecular weight excluding hydrogens is 328 g/mol. The number of morpholine rings is 1. The number of carbonyl (C=O) groups excluding carboxylic acids is 1. The first kappa shape index (κ1) is 15.3. The van der Waals surface area contributed by atoms with E-state index >= 15 is 0 Å². The summed E-state index contributed by atoms with van der Waals surface area (Å²) in [7, 11) is 0. The number of benzene rings is 2. The van der Waals surface area contributed by atoms with Gasteiger partial charge >= 0.3 is 0 Å². The van der Waals surface area contributed by atoms with E-state index in [-0.39, 0.29) is 17.5 Å². The maximum Gasteiger partial charge on any atom is 0.246 e. The molecule has 6 heteroatoms. The van der Waals surface area contributed by atoms with E-state index in [0.29, 0.717) is 10.6 Å². The molecule has 1 saturated heterocycles. The van der Waals surface area contributed by atoms with Crippen LogP contribution in [-0.2, 0) is 9.53 Å². The van der Waals surface area contributed by atoms with E-state index in [1.165, 1.54) is 12.1 Å². The van der Waals surface area contributed by atoms with Crippen molar-refractivity contribution in [3.63, 3.8) is 0 Å². The molecule has 2 aromatic carbocycles. The zero-order chi connectivity index (χ0) is 15.7. The van der Waals surface area contributed by atoms with Gasteiger partial charge in [0.05, 0.1) is 11.1 Å².